The summed E-state index contributed by atoms with van der Waals surface area (Å²) in [6, 6.07) is 48.9. The highest BCUT2D eigenvalue weighted by Crippen LogP contribution is 2.51. The van der Waals surface area contributed by atoms with E-state index >= 15 is 26.3 Å². The van der Waals surface area contributed by atoms with E-state index in [9.17, 15) is 5.26 Å². The lowest BCUT2D eigenvalue weighted by Gasteiger charge is -2.25. The van der Waals surface area contributed by atoms with Crippen LogP contribution in [-0.2, 0) is 12.4 Å². The van der Waals surface area contributed by atoms with Gasteiger partial charge in [0, 0.05) is 32.7 Å². The van der Waals surface area contributed by atoms with E-state index in [-0.39, 0.29) is 22.5 Å². The third kappa shape index (κ3) is 6.13. The molecule has 0 aliphatic carbocycles. The second-order valence-electron chi connectivity index (χ2n) is 15.5. The van der Waals surface area contributed by atoms with Gasteiger partial charge in [-0.25, -0.2) is 0 Å². The molecule has 9 heteroatoms. The summed E-state index contributed by atoms with van der Waals surface area (Å²) in [7, 11) is 0. The molecule has 0 aliphatic rings. The van der Waals surface area contributed by atoms with E-state index in [1.165, 1.54) is 12.1 Å². The van der Waals surface area contributed by atoms with Gasteiger partial charge in [-0.15, -0.1) is 0 Å². The fraction of sp³-hybridized carbons (Fsp3) is 0.0755. The van der Waals surface area contributed by atoms with Crippen LogP contribution in [0.2, 0.25) is 0 Å². The van der Waals surface area contributed by atoms with E-state index in [1.54, 1.807) is 33.4 Å². The van der Waals surface area contributed by atoms with Crippen LogP contribution < -0.4 is 0 Å². The summed E-state index contributed by atoms with van der Waals surface area (Å²) >= 11 is 0. The Balaban J connectivity index is 1.45. The average Bonchev–Trinajstić information content (AvgIpc) is 3.77. The summed E-state index contributed by atoms with van der Waals surface area (Å²) in [5.74, 6) is 0. The van der Waals surface area contributed by atoms with Crippen LogP contribution in [0.1, 0.15) is 27.8 Å². The number of halogens is 6. The van der Waals surface area contributed by atoms with Crippen LogP contribution in [0.15, 0.2) is 164 Å². The molecule has 0 N–H and O–H groups in total. The molecule has 0 bridgehead atoms. The Kier molecular flexibility index (Phi) is 8.89. The maximum Gasteiger partial charge on any atom is 0.417 e. The summed E-state index contributed by atoms with van der Waals surface area (Å²) in [4.78, 5) is 0. The monoisotopic (exact) mass is 825 g/mol. The van der Waals surface area contributed by atoms with Crippen molar-refractivity contribution in [3.8, 4) is 50.8 Å². The number of nitrogens with zero attached hydrogens (tertiary/aromatic N) is 3. The molecule has 10 aromatic rings. The average molecular weight is 826 g/mol. The molecule has 0 aliphatic heterocycles. The Labute approximate surface area is 351 Å². The lowest BCUT2D eigenvalue weighted by molar-refractivity contribution is -0.142. The molecule has 2 aromatic heterocycles. The van der Waals surface area contributed by atoms with E-state index in [0.29, 0.717) is 34.2 Å². The Morgan fingerprint density at radius 1 is 0.419 bits per heavy atom. The molecule has 0 atom stereocenters. The largest absolute Gasteiger partial charge is 0.417 e. The second-order valence-corrected chi connectivity index (χ2v) is 15.5. The summed E-state index contributed by atoms with van der Waals surface area (Å²) in [5.41, 5.74) is 3.25. The zero-order valence-corrected chi connectivity index (χ0v) is 33.2. The van der Waals surface area contributed by atoms with E-state index in [2.05, 4.69) is 6.07 Å². The molecule has 302 valence electrons. The first-order chi connectivity index (χ1) is 29.8. The van der Waals surface area contributed by atoms with Gasteiger partial charge in [-0.1, -0.05) is 115 Å². The van der Waals surface area contributed by atoms with Crippen molar-refractivity contribution in [3.63, 3.8) is 0 Å². The zero-order valence-electron chi connectivity index (χ0n) is 33.2. The zero-order chi connectivity index (χ0) is 43.1. The molecule has 0 saturated heterocycles. The minimum Gasteiger partial charge on any atom is -0.308 e. The van der Waals surface area contributed by atoms with Gasteiger partial charge in [-0.3, -0.25) is 0 Å². The molecule has 3 nitrogen and oxygen atoms in total. The van der Waals surface area contributed by atoms with Crippen LogP contribution in [0.5, 0.6) is 0 Å². The second kappa shape index (κ2) is 14.3. The lowest BCUT2D eigenvalue weighted by atomic mass is 9.89. The number of alkyl halides is 6. The van der Waals surface area contributed by atoms with Crippen molar-refractivity contribution in [1.82, 2.24) is 9.13 Å². The molecule has 0 spiro atoms. The summed E-state index contributed by atoms with van der Waals surface area (Å²) < 4.78 is 96.6. The molecule has 10 rings (SSSR count). The van der Waals surface area contributed by atoms with Crippen LogP contribution >= 0.6 is 0 Å². The van der Waals surface area contributed by atoms with E-state index < -0.39 is 29.0 Å². The quantitative estimate of drug-likeness (QED) is 0.159. The maximum absolute atomic E-state index is 15.5. The van der Waals surface area contributed by atoms with Gasteiger partial charge in [0.15, 0.2) is 0 Å². The van der Waals surface area contributed by atoms with Gasteiger partial charge in [0.25, 0.3) is 0 Å². The van der Waals surface area contributed by atoms with Crippen molar-refractivity contribution in [2.24, 2.45) is 0 Å². The predicted molar refractivity (Wildman–Crippen MR) is 236 cm³/mol. The topological polar surface area (TPSA) is 33.6 Å². The van der Waals surface area contributed by atoms with Crippen molar-refractivity contribution >= 4 is 43.6 Å². The molecule has 0 radical (unpaired) electrons. The highest BCUT2D eigenvalue weighted by Gasteiger charge is 2.43. The number of fused-ring (bicyclic) bond motifs is 6. The number of aryl methyl sites for hydroxylation is 2. The maximum atomic E-state index is 15.5. The Morgan fingerprint density at radius 3 is 1.24 bits per heavy atom. The Morgan fingerprint density at radius 2 is 0.823 bits per heavy atom. The van der Waals surface area contributed by atoms with Gasteiger partial charge in [-0.05, 0) is 95.8 Å². The SMILES string of the molecule is Cc1ccccc1-c1ccc2c3ccccc3n(-c3cc(C#N)cc(-n4c5ccccc5c5ccc(-c6ccccc6C)cc54)c3-c3c(C(F)(F)F)cccc3C(F)(F)F)c2c1. The standard InChI is InChI=1S/C53H33F6N3/c1-31-12-3-5-14-36(31)34-22-24-40-38-16-7-9-20-44(38)61(46(40)28-34)48-26-33(30-60)27-49(51(48)50-42(52(54,55)56)18-11-19-43(50)53(57,58)59)62-45-21-10-8-17-39(45)41-25-23-35(29-47(41)62)37-15-6-4-13-32(37)2/h3-29H,1-2H3. The smallest absolute Gasteiger partial charge is 0.308 e. The van der Waals surface area contributed by atoms with E-state index in [4.69, 9.17) is 0 Å². The lowest BCUT2D eigenvalue weighted by Crippen LogP contribution is -2.16. The number of nitriles is 1. The normalized spacial score (nSPS) is 12.2. The fourth-order valence-electron chi connectivity index (χ4n) is 9.17. The molecule has 0 fully saturated rings. The minimum atomic E-state index is -5.21. The first-order valence-electron chi connectivity index (χ1n) is 19.9. The van der Waals surface area contributed by atoms with Gasteiger partial charge >= 0.3 is 12.4 Å². The highest BCUT2D eigenvalue weighted by molar-refractivity contribution is 6.13. The van der Waals surface area contributed by atoms with Crippen LogP contribution in [0.25, 0.3) is 88.4 Å². The minimum absolute atomic E-state index is 0.0182. The molecular weight excluding hydrogens is 793 g/mol. The third-order valence-electron chi connectivity index (χ3n) is 11.9. The molecule has 0 amide bonds. The van der Waals surface area contributed by atoms with E-state index in [0.717, 1.165) is 61.0 Å². The first-order valence-corrected chi connectivity index (χ1v) is 19.9. The van der Waals surface area contributed by atoms with Gasteiger partial charge < -0.3 is 9.13 Å². The van der Waals surface area contributed by atoms with Crippen LogP contribution in [0, 0.1) is 25.2 Å². The van der Waals surface area contributed by atoms with Gasteiger partial charge in [-0.2, -0.15) is 31.6 Å². The number of para-hydroxylation sites is 2. The molecule has 2 heterocycles. The first kappa shape index (κ1) is 38.6. The number of benzene rings is 8. The molecule has 0 saturated carbocycles. The number of hydrogen-bond acceptors (Lipinski definition) is 1. The number of rotatable bonds is 5. The van der Waals surface area contributed by atoms with E-state index in [1.807, 2.05) is 123 Å². The van der Waals surface area contributed by atoms with Gasteiger partial charge in [0.2, 0.25) is 0 Å². The van der Waals surface area contributed by atoms with Crippen molar-refractivity contribution in [2.45, 2.75) is 26.2 Å². The Hall–Kier alpha value is -7.57. The van der Waals surface area contributed by atoms with Gasteiger partial charge in [0.1, 0.15) is 0 Å². The highest BCUT2D eigenvalue weighted by atomic mass is 19.4. The van der Waals surface area contributed by atoms with Gasteiger partial charge in [0.05, 0.1) is 56.2 Å². The van der Waals surface area contributed by atoms with Crippen LogP contribution in [0.3, 0.4) is 0 Å². The number of hydrogen-bond donors (Lipinski definition) is 0. The fourth-order valence-corrected chi connectivity index (χ4v) is 9.17. The summed E-state index contributed by atoms with van der Waals surface area (Å²) in [6.07, 6.45) is -10.4. The van der Waals surface area contributed by atoms with Crippen molar-refractivity contribution in [3.05, 3.63) is 192 Å². The molecule has 8 aromatic carbocycles. The summed E-state index contributed by atoms with van der Waals surface area (Å²) in [5, 5.41) is 13.7. The number of aromatic nitrogens is 2. The van der Waals surface area contributed by atoms with Crippen molar-refractivity contribution in [1.29, 1.82) is 5.26 Å². The van der Waals surface area contributed by atoms with Crippen molar-refractivity contribution in [2.75, 3.05) is 0 Å². The molecule has 62 heavy (non-hydrogen) atoms. The summed E-state index contributed by atoms with van der Waals surface area (Å²) in [6.45, 7) is 3.94. The van der Waals surface area contributed by atoms with Crippen molar-refractivity contribution < 1.29 is 26.3 Å². The Bertz CT molecular complexity index is 3270. The predicted octanol–water partition coefficient (Wildman–Crippen LogP) is 15.4. The van der Waals surface area contributed by atoms with Crippen LogP contribution in [0.4, 0.5) is 26.3 Å². The third-order valence-corrected chi connectivity index (χ3v) is 11.9. The molecular formula is C53H33F6N3. The molecule has 0 unspecified atom stereocenters. The van der Waals surface area contributed by atoms with Crippen LogP contribution in [-0.4, -0.2) is 9.13 Å².